The van der Waals surface area contributed by atoms with Crippen LogP contribution in [0.1, 0.15) is 6.92 Å². The van der Waals surface area contributed by atoms with E-state index in [1.807, 2.05) is 42.5 Å². The van der Waals surface area contributed by atoms with Crippen LogP contribution in [0.25, 0.3) is 10.8 Å². The fourth-order valence-electron chi connectivity index (χ4n) is 1.72. The van der Waals surface area contributed by atoms with Gasteiger partial charge in [0.25, 0.3) is 0 Å². The quantitative estimate of drug-likeness (QED) is 0.892. The normalized spacial score (nSPS) is 10.4. The van der Waals surface area contributed by atoms with Crippen LogP contribution < -0.4 is 5.32 Å². The highest BCUT2D eigenvalue weighted by Crippen LogP contribution is 2.22. The van der Waals surface area contributed by atoms with Crippen LogP contribution in [0.2, 0.25) is 0 Å². The van der Waals surface area contributed by atoms with Gasteiger partial charge in [-0.15, -0.1) is 0 Å². The Morgan fingerprint density at radius 3 is 2.76 bits per heavy atom. The molecule has 2 aromatic rings. The largest absolute Gasteiger partial charge is 0.325 e. The van der Waals surface area contributed by atoms with Crippen molar-refractivity contribution < 1.29 is 4.79 Å². The summed E-state index contributed by atoms with van der Waals surface area (Å²) in [4.78, 5) is 11.7. The number of rotatable bonds is 4. The van der Waals surface area contributed by atoms with Crippen LogP contribution in [-0.2, 0) is 4.79 Å². The van der Waals surface area contributed by atoms with Gasteiger partial charge in [0.05, 0.1) is 5.75 Å². The second-order valence-corrected chi connectivity index (χ2v) is 4.99. The van der Waals surface area contributed by atoms with Crippen LogP contribution >= 0.6 is 11.8 Å². The number of carbonyl (C=O) groups is 1. The van der Waals surface area contributed by atoms with Gasteiger partial charge in [0, 0.05) is 11.1 Å². The van der Waals surface area contributed by atoms with Gasteiger partial charge >= 0.3 is 0 Å². The molecular formula is C14H15NOS. The molecule has 0 fully saturated rings. The number of anilines is 1. The number of nitrogens with one attached hydrogen (secondary N) is 1. The summed E-state index contributed by atoms with van der Waals surface area (Å²) in [5.74, 6) is 1.54. The highest BCUT2D eigenvalue weighted by Gasteiger charge is 2.04. The van der Waals surface area contributed by atoms with Gasteiger partial charge in [0.1, 0.15) is 0 Å². The third kappa shape index (κ3) is 3.01. The summed E-state index contributed by atoms with van der Waals surface area (Å²) in [5, 5.41) is 5.19. The fourth-order valence-corrected chi connectivity index (χ4v) is 2.18. The maximum absolute atomic E-state index is 11.7. The average molecular weight is 245 g/mol. The summed E-state index contributed by atoms with van der Waals surface area (Å²) in [7, 11) is 0. The molecule has 2 aromatic carbocycles. The molecular weight excluding hydrogens is 230 g/mol. The standard InChI is InChI=1S/C14H15NOS/c1-2-17-10-14(16)15-13-9-5-7-11-6-3-4-8-12(11)13/h3-9H,2,10H2,1H3,(H,15,16). The number of hydrogen-bond donors (Lipinski definition) is 1. The van der Waals surface area contributed by atoms with Crippen LogP contribution in [0.15, 0.2) is 42.5 Å². The third-order valence-corrected chi connectivity index (χ3v) is 3.38. The first-order valence-electron chi connectivity index (χ1n) is 5.66. The van der Waals surface area contributed by atoms with Gasteiger partial charge in [0.2, 0.25) is 5.91 Å². The van der Waals surface area contributed by atoms with Crippen molar-refractivity contribution in [2.75, 3.05) is 16.8 Å². The van der Waals surface area contributed by atoms with Crippen molar-refractivity contribution in [2.24, 2.45) is 0 Å². The summed E-state index contributed by atoms with van der Waals surface area (Å²) in [6.45, 7) is 2.05. The van der Waals surface area contributed by atoms with Crippen LogP contribution in [0.3, 0.4) is 0 Å². The Morgan fingerprint density at radius 1 is 1.18 bits per heavy atom. The second-order valence-electron chi connectivity index (χ2n) is 3.71. The summed E-state index contributed by atoms with van der Waals surface area (Å²) in [5.41, 5.74) is 0.893. The summed E-state index contributed by atoms with van der Waals surface area (Å²) in [6, 6.07) is 14.0. The van der Waals surface area contributed by atoms with E-state index in [4.69, 9.17) is 0 Å². The minimum Gasteiger partial charge on any atom is -0.325 e. The maximum atomic E-state index is 11.7. The third-order valence-electron chi connectivity index (χ3n) is 2.50. The smallest absolute Gasteiger partial charge is 0.234 e. The summed E-state index contributed by atoms with van der Waals surface area (Å²) < 4.78 is 0. The monoisotopic (exact) mass is 245 g/mol. The van der Waals surface area contributed by atoms with Gasteiger partial charge < -0.3 is 5.32 Å². The van der Waals surface area contributed by atoms with Crippen molar-refractivity contribution in [3.05, 3.63) is 42.5 Å². The van der Waals surface area contributed by atoms with Gasteiger partial charge in [0.15, 0.2) is 0 Å². The number of hydrogen-bond acceptors (Lipinski definition) is 2. The van der Waals surface area contributed by atoms with Crippen LogP contribution in [0.4, 0.5) is 5.69 Å². The molecule has 0 saturated heterocycles. The molecule has 0 saturated carbocycles. The Kier molecular flexibility index (Phi) is 4.04. The minimum absolute atomic E-state index is 0.0632. The zero-order valence-corrected chi connectivity index (χ0v) is 10.6. The summed E-state index contributed by atoms with van der Waals surface area (Å²) in [6.07, 6.45) is 0. The van der Waals surface area contributed by atoms with E-state index < -0.39 is 0 Å². The van der Waals surface area contributed by atoms with E-state index in [0.717, 1.165) is 22.2 Å². The van der Waals surface area contributed by atoms with E-state index in [9.17, 15) is 4.79 Å². The van der Waals surface area contributed by atoms with Crippen molar-refractivity contribution in [3.8, 4) is 0 Å². The number of carbonyl (C=O) groups excluding carboxylic acids is 1. The van der Waals surface area contributed by atoms with Gasteiger partial charge in [-0.25, -0.2) is 0 Å². The van der Waals surface area contributed by atoms with E-state index in [-0.39, 0.29) is 5.91 Å². The lowest BCUT2D eigenvalue weighted by Gasteiger charge is -2.08. The number of amides is 1. The van der Waals surface area contributed by atoms with Crippen LogP contribution in [0, 0.1) is 0 Å². The van der Waals surface area contributed by atoms with E-state index >= 15 is 0 Å². The molecule has 0 heterocycles. The molecule has 3 heteroatoms. The highest BCUT2D eigenvalue weighted by molar-refractivity contribution is 7.99. The van der Waals surface area contributed by atoms with Gasteiger partial charge in [-0.05, 0) is 17.2 Å². The molecule has 0 aliphatic heterocycles. The first-order chi connectivity index (χ1) is 8.31. The van der Waals surface area contributed by atoms with E-state index in [1.54, 1.807) is 11.8 Å². The van der Waals surface area contributed by atoms with E-state index in [2.05, 4.69) is 12.2 Å². The molecule has 1 N–H and O–H groups in total. The molecule has 0 radical (unpaired) electrons. The van der Waals surface area contributed by atoms with Crippen molar-refractivity contribution in [2.45, 2.75) is 6.92 Å². The first kappa shape index (κ1) is 12.0. The van der Waals surface area contributed by atoms with Gasteiger partial charge in [-0.2, -0.15) is 11.8 Å². The van der Waals surface area contributed by atoms with Gasteiger partial charge in [-0.3, -0.25) is 4.79 Å². The first-order valence-corrected chi connectivity index (χ1v) is 6.82. The Hall–Kier alpha value is -1.48. The van der Waals surface area contributed by atoms with Crippen molar-refractivity contribution in [1.82, 2.24) is 0 Å². The number of fused-ring (bicyclic) bond motifs is 1. The molecule has 0 aliphatic carbocycles. The Balaban J connectivity index is 2.21. The molecule has 0 aliphatic rings. The highest BCUT2D eigenvalue weighted by atomic mass is 32.2. The molecule has 0 aromatic heterocycles. The Labute approximate surface area is 105 Å². The Morgan fingerprint density at radius 2 is 1.94 bits per heavy atom. The number of benzene rings is 2. The SMILES string of the molecule is CCSCC(=O)Nc1cccc2ccccc12. The molecule has 17 heavy (non-hydrogen) atoms. The molecule has 0 unspecified atom stereocenters. The van der Waals surface area contributed by atoms with E-state index in [0.29, 0.717) is 5.75 Å². The fraction of sp³-hybridized carbons (Fsp3) is 0.214. The van der Waals surface area contributed by atoms with Crippen molar-refractivity contribution in [3.63, 3.8) is 0 Å². The maximum Gasteiger partial charge on any atom is 0.234 e. The van der Waals surface area contributed by atoms with E-state index in [1.165, 1.54) is 0 Å². The molecule has 0 bridgehead atoms. The zero-order valence-electron chi connectivity index (χ0n) is 9.77. The molecule has 0 atom stereocenters. The molecule has 2 rings (SSSR count). The predicted octanol–water partition coefficient (Wildman–Crippen LogP) is 3.53. The molecule has 1 amide bonds. The predicted molar refractivity (Wildman–Crippen MR) is 75.6 cm³/mol. The number of thioether (sulfide) groups is 1. The van der Waals surface area contributed by atoms with Gasteiger partial charge in [-0.1, -0.05) is 43.3 Å². The van der Waals surface area contributed by atoms with Crippen LogP contribution in [0.5, 0.6) is 0 Å². The molecule has 0 spiro atoms. The second kappa shape index (κ2) is 5.73. The summed E-state index contributed by atoms with van der Waals surface area (Å²) >= 11 is 1.63. The molecule has 88 valence electrons. The Bertz CT molecular complexity index is 519. The average Bonchev–Trinajstić information content (AvgIpc) is 2.37. The minimum atomic E-state index is 0.0632. The molecule has 2 nitrogen and oxygen atoms in total. The van der Waals surface area contributed by atoms with Crippen LogP contribution in [-0.4, -0.2) is 17.4 Å². The lowest BCUT2D eigenvalue weighted by molar-refractivity contribution is -0.113. The van der Waals surface area contributed by atoms with Crippen molar-refractivity contribution in [1.29, 1.82) is 0 Å². The lowest BCUT2D eigenvalue weighted by atomic mass is 10.1. The lowest BCUT2D eigenvalue weighted by Crippen LogP contribution is -2.14. The van der Waals surface area contributed by atoms with Crippen molar-refractivity contribution >= 4 is 34.1 Å². The zero-order chi connectivity index (χ0) is 12.1. The topological polar surface area (TPSA) is 29.1 Å².